The Morgan fingerprint density at radius 1 is 1.54 bits per heavy atom. The topological polar surface area (TPSA) is 56.1 Å². The number of nitrogens with zero attached hydrogens (tertiary/aromatic N) is 1. The second-order valence-corrected chi connectivity index (χ2v) is 5.43. The summed E-state index contributed by atoms with van der Waals surface area (Å²) >= 11 is 3.11. The van der Waals surface area contributed by atoms with E-state index in [0.717, 1.165) is 10.2 Å². The highest BCUT2D eigenvalue weighted by Gasteiger charge is 2.15. The second kappa shape index (κ2) is 3.26. The summed E-state index contributed by atoms with van der Waals surface area (Å²) in [6.45, 7) is 1.32. The molecule has 0 spiro atoms. The zero-order valence-corrected chi connectivity index (χ0v) is 9.52. The van der Waals surface area contributed by atoms with Gasteiger partial charge in [0, 0.05) is 17.6 Å². The molecule has 1 aromatic rings. The van der Waals surface area contributed by atoms with Crippen LogP contribution in [0.3, 0.4) is 0 Å². The fourth-order valence-electron chi connectivity index (χ4n) is 0.944. The molecule has 0 aliphatic carbocycles. The normalized spacial score (nSPS) is 11.6. The summed E-state index contributed by atoms with van der Waals surface area (Å²) in [7, 11) is -3.39. The van der Waals surface area contributed by atoms with Crippen molar-refractivity contribution in [1.82, 2.24) is 3.97 Å². The Morgan fingerprint density at radius 3 is 2.38 bits per heavy atom. The molecule has 0 radical (unpaired) electrons. The molecule has 1 rings (SSSR count). The second-order valence-electron chi connectivity index (χ2n) is 2.66. The Kier molecular flexibility index (Phi) is 2.63. The average molecular weight is 266 g/mol. The largest absolute Gasteiger partial charge is 0.293 e. The van der Waals surface area contributed by atoms with Gasteiger partial charge in [-0.2, -0.15) is 0 Å². The van der Waals surface area contributed by atoms with Gasteiger partial charge in [0.1, 0.15) is 5.69 Å². The lowest BCUT2D eigenvalue weighted by Gasteiger charge is -2.01. The highest BCUT2D eigenvalue weighted by atomic mass is 79.9. The van der Waals surface area contributed by atoms with E-state index in [2.05, 4.69) is 15.9 Å². The summed E-state index contributed by atoms with van der Waals surface area (Å²) in [5.74, 6) is -0.281. The van der Waals surface area contributed by atoms with Gasteiger partial charge in [0.25, 0.3) is 0 Å². The van der Waals surface area contributed by atoms with Gasteiger partial charge in [-0.25, -0.2) is 12.4 Å². The molecule has 72 valence electrons. The molecule has 0 saturated carbocycles. The van der Waals surface area contributed by atoms with E-state index in [1.54, 1.807) is 0 Å². The fraction of sp³-hybridized carbons (Fsp3) is 0.286. The zero-order valence-electron chi connectivity index (χ0n) is 7.11. The minimum atomic E-state index is -3.39. The van der Waals surface area contributed by atoms with Gasteiger partial charge in [-0.15, -0.1) is 0 Å². The van der Waals surface area contributed by atoms with Crippen LogP contribution in [-0.4, -0.2) is 24.4 Å². The summed E-state index contributed by atoms with van der Waals surface area (Å²) in [5.41, 5.74) is 0.161. The Balaban J connectivity index is 3.46. The molecule has 6 heteroatoms. The number of carbonyl (C=O) groups excluding carboxylic acids is 1. The molecule has 0 amide bonds. The summed E-state index contributed by atoms with van der Waals surface area (Å²) in [6.07, 6.45) is 2.40. The van der Waals surface area contributed by atoms with Gasteiger partial charge in [0.05, 0.1) is 6.26 Å². The molecule has 0 atom stereocenters. The molecule has 0 fully saturated rings. The Bertz CT molecular complexity index is 446. The van der Waals surface area contributed by atoms with Crippen molar-refractivity contribution in [3.05, 3.63) is 22.4 Å². The van der Waals surface area contributed by atoms with E-state index >= 15 is 0 Å². The fourth-order valence-corrected chi connectivity index (χ4v) is 2.34. The quantitative estimate of drug-likeness (QED) is 0.757. The van der Waals surface area contributed by atoms with Gasteiger partial charge in [0.2, 0.25) is 10.0 Å². The first-order chi connectivity index (χ1) is 5.82. The van der Waals surface area contributed by atoms with Crippen molar-refractivity contribution in [1.29, 1.82) is 0 Å². The van der Waals surface area contributed by atoms with Crippen LogP contribution in [0.1, 0.15) is 17.4 Å². The van der Waals surface area contributed by atoms with E-state index in [-0.39, 0.29) is 11.5 Å². The van der Waals surface area contributed by atoms with Gasteiger partial charge < -0.3 is 0 Å². The number of hydrogen-bond donors (Lipinski definition) is 0. The van der Waals surface area contributed by atoms with Crippen molar-refractivity contribution in [2.45, 2.75) is 6.92 Å². The van der Waals surface area contributed by atoms with Crippen molar-refractivity contribution in [2.75, 3.05) is 6.26 Å². The summed E-state index contributed by atoms with van der Waals surface area (Å²) in [6, 6.07) is 1.48. The number of aromatic nitrogens is 1. The van der Waals surface area contributed by atoms with E-state index in [9.17, 15) is 13.2 Å². The highest BCUT2D eigenvalue weighted by Crippen LogP contribution is 2.16. The number of Topliss-reactive ketones (excluding diaryl/α,β-unsaturated/α-hetero) is 1. The zero-order chi connectivity index (χ0) is 10.2. The molecule has 0 aromatic carbocycles. The third-order valence-electron chi connectivity index (χ3n) is 1.47. The SMILES string of the molecule is CC(=O)c1cc(Br)cn1S(C)(=O)=O. The molecule has 13 heavy (non-hydrogen) atoms. The van der Waals surface area contributed by atoms with E-state index in [4.69, 9.17) is 0 Å². The van der Waals surface area contributed by atoms with E-state index in [1.165, 1.54) is 19.2 Å². The van der Waals surface area contributed by atoms with Crippen LogP contribution in [0.5, 0.6) is 0 Å². The standard InChI is InChI=1S/C7H8BrNO3S/c1-5(10)7-3-6(8)4-9(7)13(2,11)12/h3-4H,1-2H3. The minimum Gasteiger partial charge on any atom is -0.293 e. The smallest absolute Gasteiger partial charge is 0.236 e. The van der Waals surface area contributed by atoms with Crippen molar-refractivity contribution in [3.63, 3.8) is 0 Å². The third kappa shape index (κ3) is 2.19. The summed E-state index contributed by atoms with van der Waals surface area (Å²) in [4.78, 5) is 11.0. The van der Waals surface area contributed by atoms with Gasteiger partial charge in [-0.1, -0.05) is 0 Å². The Morgan fingerprint density at radius 2 is 2.08 bits per heavy atom. The summed E-state index contributed by atoms with van der Waals surface area (Å²) < 4.78 is 23.9. The lowest BCUT2D eigenvalue weighted by atomic mass is 10.3. The first-order valence-corrected chi connectivity index (χ1v) is 6.06. The van der Waals surface area contributed by atoms with Crippen LogP contribution >= 0.6 is 15.9 Å². The average Bonchev–Trinajstić information content (AvgIpc) is 2.29. The van der Waals surface area contributed by atoms with E-state index < -0.39 is 10.0 Å². The molecule has 0 bridgehead atoms. The van der Waals surface area contributed by atoms with Crippen molar-refractivity contribution < 1.29 is 13.2 Å². The molecule has 4 nitrogen and oxygen atoms in total. The first kappa shape index (κ1) is 10.5. The molecule has 0 unspecified atom stereocenters. The number of halogens is 1. The lowest BCUT2D eigenvalue weighted by Crippen LogP contribution is -2.14. The van der Waals surface area contributed by atoms with Crippen LogP contribution in [0, 0.1) is 0 Å². The summed E-state index contributed by atoms with van der Waals surface area (Å²) in [5, 5.41) is 0. The molecule has 0 saturated heterocycles. The van der Waals surface area contributed by atoms with Gasteiger partial charge in [-0.05, 0) is 22.0 Å². The monoisotopic (exact) mass is 265 g/mol. The number of carbonyl (C=O) groups is 1. The maximum atomic E-state index is 11.2. The molecule has 0 N–H and O–H groups in total. The lowest BCUT2D eigenvalue weighted by molar-refractivity contribution is 0.101. The van der Waals surface area contributed by atoms with E-state index in [1.807, 2.05) is 0 Å². The Hall–Kier alpha value is -0.620. The van der Waals surface area contributed by atoms with Crippen molar-refractivity contribution in [3.8, 4) is 0 Å². The van der Waals surface area contributed by atoms with Crippen LogP contribution in [-0.2, 0) is 10.0 Å². The van der Waals surface area contributed by atoms with E-state index in [0.29, 0.717) is 4.47 Å². The van der Waals surface area contributed by atoms with Crippen LogP contribution in [0.4, 0.5) is 0 Å². The predicted molar refractivity (Wildman–Crippen MR) is 52.4 cm³/mol. The number of hydrogen-bond acceptors (Lipinski definition) is 3. The Labute approximate surface area is 84.7 Å². The third-order valence-corrected chi connectivity index (χ3v) is 2.92. The van der Waals surface area contributed by atoms with Gasteiger partial charge >= 0.3 is 0 Å². The number of ketones is 1. The molecule has 0 aliphatic rings. The van der Waals surface area contributed by atoms with Gasteiger partial charge in [0.15, 0.2) is 5.78 Å². The first-order valence-electron chi connectivity index (χ1n) is 3.42. The van der Waals surface area contributed by atoms with Crippen LogP contribution in [0.25, 0.3) is 0 Å². The molecule has 0 aliphatic heterocycles. The highest BCUT2D eigenvalue weighted by molar-refractivity contribution is 9.10. The van der Waals surface area contributed by atoms with Gasteiger partial charge in [-0.3, -0.25) is 4.79 Å². The number of rotatable bonds is 2. The molecule has 1 aromatic heterocycles. The van der Waals surface area contributed by atoms with Crippen molar-refractivity contribution >= 4 is 31.7 Å². The van der Waals surface area contributed by atoms with Crippen LogP contribution in [0.15, 0.2) is 16.7 Å². The van der Waals surface area contributed by atoms with Crippen molar-refractivity contribution in [2.24, 2.45) is 0 Å². The molecular weight excluding hydrogens is 258 g/mol. The maximum absolute atomic E-state index is 11.2. The predicted octanol–water partition coefficient (Wildman–Crippen LogP) is 1.26. The minimum absolute atomic E-state index is 0.161. The maximum Gasteiger partial charge on any atom is 0.236 e. The molecule has 1 heterocycles. The van der Waals surface area contributed by atoms with Crippen LogP contribution in [0.2, 0.25) is 0 Å². The molecular formula is C7H8BrNO3S. The van der Waals surface area contributed by atoms with Crippen LogP contribution < -0.4 is 0 Å².